The molecular weight excluding hydrogens is 1200 g/mol. The molecule has 0 radical (unpaired) electrons. The van der Waals surface area contributed by atoms with Gasteiger partial charge in [-0.2, -0.15) is 36.5 Å². The number of hydrogen-bond donors (Lipinski definition) is 3. The minimum absolute atomic E-state index is 0.0490. The van der Waals surface area contributed by atoms with Crippen LogP contribution in [0.25, 0.3) is 56.2 Å². The molecule has 1 amide bonds. The van der Waals surface area contributed by atoms with Crippen LogP contribution in [0.5, 0.6) is 0 Å². The zero-order valence-corrected chi connectivity index (χ0v) is 48.6. The molecule has 8 heterocycles. The first kappa shape index (κ1) is 59.7. The van der Waals surface area contributed by atoms with E-state index in [4.69, 9.17) is 10.7 Å². The van der Waals surface area contributed by atoms with Crippen molar-refractivity contribution in [2.45, 2.75) is 46.5 Å². The van der Waals surface area contributed by atoms with Crippen LogP contribution < -0.4 is 16.4 Å². The van der Waals surface area contributed by atoms with Crippen molar-refractivity contribution in [2.24, 2.45) is 14.1 Å². The summed E-state index contributed by atoms with van der Waals surface area (Å²) in [5.74, 6) is 1.10. The van der Waals surface area contributed by atoms with Gasteiger partial charge < -0.3 is 25.5 Å². The second kappa shape index (κ2) is 24.6. The number of rotatable bonds is 11. The van der Waals surface area contributed by atoms with Crippen LogP contribution in [0.2, 0.25) is 0 Å². The van der Waals surface area contributed by atoms with Crippen molar-refractivity contribution in [1.82, 2.24) is 68.6 Å². The van der Waals surface area contributed by atoms with E-state index in [2.05, 4.69) is 71.6 Å². The monoisotopic (exact) mass is 1250 g/mol. The van der Waals surface area contributed by atoms with E-state index in [1.54, 1.807) is 128 Å². The van der Waals surface area contributed by atoms with Gasteiger partial charge in [0, 0.05) is 107 Å². The fourth-order valence-electron chi connectivity index (χ4n) is 8.90. The summed E-state index contributed by atoms with van der Waals surface area (Å²) >= 11 is 3.34. The number of imidazole rings is 2. The molecule has 4 aromatic carbocycles. The van der Waals surface area contributed by atoms with Gasteiger partial charge in [-0.05, 0) is 123 Å². The Morgan fingerprint density at radius 3 is 1.72 bits per heavy atom. The van der Waals surface area contributed by atoms with E-state index in [9.17, 15) is 35.9 Å². The highest BCUT2D eigenvalue weighted by molar-refractivity contribution is 9.10. The highest BCUT2D eigenvalue weighted by Crippen LogP contribution is 2.35. The lowest BCUT2D eigenvalue weighted by atomic mass is 9.99. The molecule has 0 aliphatic carbocycles. The number of halogens is 7. The quantitative estimate of drug-likeness (QED) is 0.0808. The largest absolute Gasteiger partial charge is 0.416 e. The molecule has 8 aromatic heterocycles. The third-order valence-corrected chi connectivity index (χ3v) is 14.3. The van der Waals surface area contributed by atoms with Gasteiger partial charge in [0.25, 0.3) is 5.91 Å². The molecule has 0 unspecified atom stereocenters. The Morgan fingerprint density at radius 2 is 1.16 bits per heavy atom. The number of nitrogens with one attached hydrogen (secondary N) is 2. The van der Waals surface area contributed by atoms with Gasteiger partial charge in [-0.25, -0.2) is 29.9 Å². The van der Waals surface area contributed by atoms with Crippen LogP contribution in [0, 0.1) is 27.7 Å². The molecule has 0 atom stereocenters. The number of pyridine rings is 2. The number of nitrogens with two attached hydrogens (primary N) is 1. The highest BCUT2D eigenvalue weighted by atomic mass is 79.9. The van der Waals surface area contributed by atoms with Gasteiger partial charge in [-0.1, -0.05) is 34.1 Å². The van der Waals surface area contributed by atoms with E-state index < -0.39 is 29.4 Å². The van der Waals surface area contributed by atoms with Crippen LogP contribution in [-0.2, 0) is 32.9 Å². The number of anilines is 4. The van der Waals surface area contributed by atoms with Crippen LogP contribution in [0.15, 0.2) is 164 Å². The standard InChI is InChI=1S/C31H25F3N8O.C19H15BrF3N3O.C11H10N6/c1-18-6-7-21(27(43)11-20-9-23(31(32,33)34)13-24(10-20)42-16-19(2)36-17-42)12-26(18)38-29-25-15-37-41(3)30(25)40-28(39-29)22-5-4-8-35-14-22;1-11-3-4-13(5-17(11)20)18(27)25-15-6-14(19(21,22)23)7-16(8-15)26-9-12(2)24-10-26;1-17-11-8(6-14-17)9(12)15-10(16-11)7-3-2-4-13-5-7/h4-10,12-17H,11H2,1-3H3,(H,38,39,40);3-10H,1-2H3,(H,25,27);2-6H,1H3,(H2,12,15,16). The maximum atomic E-state index is 13.7. The normalized spacial score (nSPS) is 11.5. The molecule has 0 aliphatic heterocycles. The molecule has 0 aliphatic rings. The summed E-state index contributed by atoms with van der Waals surface area (Å²) in [6.45, 7) is 7.24. The van der Waals surface area contributed by atoms with E-state index in [1.165, 1.54) is 27.9 Å². The summed E-state index contributed by atoms with van der Waals surface area (Å²) in [7, 11) is 3.60. The number of ketones is 1. The number of carbonyl (C=O) groups excluding carboxylic acids is 2. The lowest BCUT2D eigenvalue weighted by Gasteiger charge is -2.14. The number of carbonyl (C=O) groups is 2. The minimum atomic E-state index is -4.58. The van der Waals surface area contributed by atoms with E-state index in [0.717, 1.165) is 62.0 Å². The van der Waals surface area contributed by atoms with Crippen molar-refractivity contribution >= 4 is 72.7 Å². The van der Waals surface area contributed by atoms with Gasteiger partial charge in [0.15, 0.2) is 28.7 Å². The molecule has 0 spiro atoms. The predicted octanol–water partition coefficient (Wildman–Crippen LogP) is 12.9. The smallest absolute Gasteiger partial charge is 0.383 e. The van der Waals surface area contributed by atoms with Crippen LogP contribution in [0.3, 0.4) is 0 Å². The van der Waals surface area contributed by atoms with Crippen LogP contribution in [-0.4, -0.2) is 80.3 Å². The molecule has 440 valence electrons. The summed E-state index contributed by atoms with van der Waals surface area (Å²) in [5, 5.41) is 15.7. The zero-order valence-electron chi connectivity index (χ0n) is 47.0. The molecule has 87 heavy (non-hydrogen) atoms. The number of nitrogens with zero attached hydrogens (tertiary/aromatic N) is 14. The molecule has 0 saturated carbocycles. The molecule has 12 rings (SSSR count). The number of nitrogen functional groups attached to an aromatic ring is 1. The van der Waals surface area contributed by atoms with Gasteiger partial charge in [0.2, 0.25) is 0 Å². The fourth-order valence-corrected chi connectivity index (χ4v) is 9.28. The van der Waals surface area contributed by atoms with Crippen molar-refractivity contribution in [3.63, 3.8) is 0 Å². The fraction of sp³-hybridized carbons (Fsp3) is 0.148. The maximum Gasteiger partial charge on any atom is 0.416 e. The molecule has 19 nitrogen and oxygen atoms in total. The molecule has 26 heteroatoms. The average molecular weight is 1250 g/mol. The first-order valence-corrected chi connectivity index (χ1v) is 27.1. The lowest BCUT2D eigenvalue weighted by Crippen LogP contribution is -2.14. The van der Waals surface area contributed by atoms with Gasteiger partial charge in [0.1, 0.15) is 11.6 Å². The van der Waals surface area contributed by atoms with E-state index in [1.807, 2.05) is 39.1 Å². The Morgan fingerprint density at radius 1 is 0.609 bits per heavy atom. The number of aromatic nitrogens is 14. The summed E-state index contributed by atoms with van der Waals surface area (Å²) in [5.41, 5.74) is 12.3. The lowest BCUT2D eigenvalue weighted by molar-refractivity contribution is -0.138. The summed E-state index contributed by atoms with van der Waals surface area (Å²) in [6.07, 6.45) is 6.82. The number of alkyl halides is 6. The van der Waals surface area contributed by atoms with Gasteiger partial charge in [-0.3, -0.25) is 28.9 Å². The Kier molecular flexibility index (Phi) is 16.9. The van der Waals surface area contributed by atoms with Crippen LogP contribution in [0.1, 0.15) is 59.9 Å². The SMILES string of the molecule is Cc1cn(-c2cc(CC(=O)c3ccc(C)c(Nc4nc(-c5cccnc5)nc5c4cnn5C)c3)cc(C(F)(F)F)c2)cn1.Cc1cn(-c2cc(NC(=O)c3ccc(C)c(Br)c3)cc(C(F)(F)F)c2)cn1.Cn1ncc2c(N)nc(-c3cccnc3)nc21. The van der Waals surface area contributed by atoms with E-state index in [-0.39, 0.29) is 34.8 Å². The number of aryl methyl sites for hydroxylation is 6. The van der Waals surface area contributed by atoms with E-state index >= 15 is 0 Å². The van der Waals surface area contributed by atoms with Gasteiger partial charge >= 0.3 is 12.4 Å². The summed E-state index contributed by atoms with van der Waals surface area (Å²) in [4.78, 5) is 60.3. The number of hydrogen-bond acceptors (Lipinski definition) is 14. The van der Waals surface area contributed by atoms with E-state index in [0.29, 0.717) is 62.5 Å². The number of fused-ring (bicyclic) bond motifs is 2. The predicted molar refractivity (Wildman–Crippen MR) is 319 cm³/mol. The molecule has 0 saturated heterocycles. The molecule has 12 aromatic rings. The Labute approximate surface area is 500 Å². The minimum Gasteiger partial charge on any atom is -0.383 e. The van der Waals surface area contributed by atoms with Crippen molar-refractivity contribution in [3.8, 4) is 34.2 Å². The van der Waals surface area contributed by atoms with Crippen molar-refractivity contribution < 1.29 is 35.9 Å². The third-order valence-electron chi connectivity index (χ3n) is 13.5. The van der Waals surface area contributed by atoms with Crippen molar-refractivity contribution in [1.29, 1.82) is 0 Å². The average Bonchev–Trinajstić information content (AvgIpc) is 2.10. The first-order chi connectivity index (χ1) is 41.4. The summed E-state index contributed by atoms with van der Waals surface area (Å²) in [6, 6.07) is 24.5. The molecule has 0 bridgehead atoms. The second-order valence-corrected chi connectivity index (χ2v) is 20.8. The Balaban J connectivity index is 0.000000161. The van der Waals surface area contributed by atoms with Crippen LogP contribution in [0.4, 0.5) is 49.4 Å². The summed E-state index contributed by atoms with van der Waals surface area (Å²) < 4.78 is 88.1. The highest BCUT2D eigenvalue weighted by Gasteiger charge is 2.33. The maximum absolute atomic E-state index is 13.7. The zero-order chi connectivity index (χ0) is 61.9. The van der Waals surface area contributed by atoms with Crippen molar-refractivity contribution in [2.75, 3.05) is 16.4 Å². The number of Topliss-reactive ketones (excluding diaryl/α,β-unsaturated/α-hetero) is 1. The van der Waals surface area contributed by atoms with Crippen LogP contribution >= 0.6 is 15.9 Å². The molecule has 0 fully saturated rings. The van der Waals surface area contributed by atoms with Gasteiger partial charge in [0.05, 0.1) is 58.3 Å². The molecular formula is C61H50BrF6N17O2. The van der Waals surface area contributed by atoms with Crippen molar-refractivity contribution in [3.05, 3.63) is 214 Å². The molecule has 4 N–H and O–H groups in total. The first-order valence-electron chi connectivity index (χ1n) is 26.3. The third kappa shape index (κ3) is 13.9. The number of amides is 1. The van der Waals surface area contributed by atoms with Gasteiger partial charge in [-0.15, -0.1) is 0 Å². The topological polar surface area (TPSA) is 233 Å². The second-order valence-electron chi connectivity index (χ2n) is 20.0. The Bertz CT molecular complexity index is 4520. The number of benzene rings is 4. The Hall–Kier alpha value is -10.5.